The van der Waals surface area contributed by atoms with E-state index in [1.54, 1.807) is 0 Å². The summed E-state index contributed by atoms with van der Waals surface area (Å²) in [6.07, 6.45) is 1.61. The Labute approximate surface area is 142 Å². The van der Waals surface area contributed by atoms with E-state index in [2.05, 4.69) is 17.4 Å². The van der Waals surface area contributed by atoms with Crippen molar-refractivity contribution in [1.29, 1.82) is 0 Å². The molecule has 3 rings (SSSR count). The highest BCUT2D eigenvalue weighted by Crippen LogP contribution is 2.18. The summed E-state index contributed by atoms with van der Waals surface area (Å²) in [5, 5.41) is 2.83. The summed E-state index contributed by atoms with van der Waals surface area (Å²) in [6, 6.07) is 17.9. The second-order valence-electron chi connectivity index (χ2n) is 6.10. The minimum Gasteiger partial charge on any atom is -0.355 e. The van der Waals surface area contributed by atoms with Crippen LogP contribution in [0.15, 0.2) is 54.6 Å². The summed E-state index contributed by atoms with van der Waals surface area (Å²) in [4.78, 5) is 26.1. The van der Waals surface area contributed by atoms with Crippen molar-refractivity contribution in [3.05, 3.63) is 71.3 Å². The molecule has 2 aromatic carbocycles. The van der Waals surface area contributed by atoms with Crippen LogP contribution < -0.4 is 5.32 Å². The number of carbonyl (C=O) groups is 2. The third-order valence-electron chi connectivity index (χ3n) is 4.35. The highest BCUT2D eigenvalue weighted by molar-refractivity contribution is 5.80. The van der Waals surface area contributed by atoms with Crippen LogP contribution in [-0.2, 0) is 29.0 Å². The van der Waals surface area contributed by atoms with E-state index in [9.17, 15) is 9.59 Å². The van der Waals surface area contributed by atoms with E-state index < -0.39 is 0 Å². The second-order valence-corrected chi connectivity index (χ2v) is 6.10. The molecule has 0 saturated heterocycles. The number of hydrogen-bond donors (Lipinski definition) is 1. The van der Waals surface area contributed by atoms with Gasteiger partial charge in [0, 0.05) is 26.1 Å². The predicted octanol–water partition coefficient (Wildman–Crippen LogP) is 2.32. The maximum absolute atomic E-state index is 12.3. The average molecular weight is 322 g/mol. The Hall–Kier alpha value is -2.62. The highest BCUT2D eigenvalue weighted by atomic mass is 16.2. The van der Waals surface area contributed by atoms with Crippen molar-refractivity contribution in [2.45, 2.75) is 25.8 Å². The predicted molar refractivity (Wildman–Crippen MR) is 93.3 cm³/mol. The van der Waals surface area contributed by atoms with Gasteiger partial charge < -0.3 is 10.2 Å². The number of nitrogens with zero attached hydrogens (tertiary/aromatic N) is 1. The van der Waals surface area contributed by atoms with Crippen LogP contribution in [-0.4, -0.2) is 29.8 Å². The zero-order chi connectivity index (χ0) is 16.8. The first-order valence-electron chi connectivity index (χ1n) is 8.37. The number of hydrogen-bond acceptors (Lipinski definition) is 2. The molecule has 1 aliphatic rings. The Kier molecular flexibility index (Phi) is 5.26. The summed E-state index contributed by atoms with van der Waals surface area (Å²) in [5.74, 6) is 0.0579. The number of nitrogens with one attached hydrogen (secondary N) is 1. The molecule has 2 aromatic rings. The minimum absolute atomic E-state index is 0.0435. The second kappa shape index (κ2) is 7.77. The lowest BCUT2D eigenvalue weighted by molar-refractivity contribution is -0.132. The lowest BCUT2D eigenvalue weighted by Gasteiger charge is -2.29. The largest absolute Gasteiger partial charge is 0.355 e. The summed E-state index contributed by atoms with van der Waals surface area (Å²) in [7, 11) is 0. The van der Waals surface area contributed by atoms with Gasteiger partial charge in [-0.25, -0.2) is 0 Å². The van der Waals surface area contributed by atoms with E-state index in [1.165, 1.54) is 11.1 Å². The van der Waals surface area contributed by atoms with Gasteiger partial charge in [0.05, 0.1) is 6.42 Å². The highest BCUT2D eigenvalue weighted by Gasteiger charge is 2.19. The lowest BCUT2D eigenvalue weighted by Crippen LogP contribution is -2.38. The zero-order valence-electron chi connectivity index (χ0n) is 13.7. The standard InChI is InChI=1S/C20H22N2O2/c23-19(14-16-6-2-1-3-7-16)21-12-10-20(24)22-13-11-17-8-4-5-9-18(17)15-22/h1-9H,10-15H2,(H,21,23). The third-order valence-corrected chi connectivity index (χ3v) is 4.35. The normalized spacial score (nSPS) is 13.2. The Bertz CT molecular complexity index is 713. The van der Waals surface area contributed by atoms with Gasteiger partial charge in [-0.05, 0) is 23.1 Å². The first-order valence-corrected chi connectivity index (χ1v) is 8.37. The van der Waals surface area contributed by atoms with Gasteiger partial charge in [0.1, 0.15) is 0 Å². The van der Waals surface area contributed by atoms with Crippen LogP contribution in [0.25, 0.3) is 0 Å². The van der Waals surface area contributed by atoms with Gasteiger partial charge >= 0.3 is 0 Å². The van der Waals surface area contributed by atoms with Gasteiger partial charge in [0.15, 0.2) is 0 Å². The molecule has 0 radical (unpaired) electrons. The van der Waals surface area contributed by atoms with Gasteiger partial charge in [-0.3, -0.25) is 9.59 Å². The Morgan fingerprint density at radius 3 is 2.46 bits per heavy atom. The molecule has 124 valence electrons. The van der Waals surface area contributed by atoms with E-state index in [-0.39, 0.29) is 11.8 Å². The molecule has 1 heterocycles. The fourth-order valence-corrected chi connectivity index (χ4v) is 3.02. The molecule has 0 bridgehead atoms. The van der Waals surface area contributed by atoms with E-state index in [1.807, 2.05) is 47.4 Å². The Morgan fingerprint density at radius 1 is 0.958 bits per heavy atom. The molecule has 0 spiro atoms. The van der Waals surface area contributed by atoms with Crippen molar-refractivity contribution >= 4 is 11.8 Å². The summed E-state index contributed by atoms with van der Waals surface area (Å²) < 4.78 is 0. The van der Waals surface area contributed by atoms with E-state index >= 15 is 0 Å². The van der Waals surface area contributed by atoms with Crippen LogP contribution in [0, 0.1) is 0 Å². The van der Waals surface area contributed by atoms with Gasteiger partial charge in [0.25, 0.3) is 0 Å². The molecule has 0 unspecified atom stereocenters. The van der Waals surface area contributed by atoms with Crippen molar-refractivity contribution in [1.82, 2.24) is 10.2 Å². The molecular weight excluding hydrogens is 300 g/mol. The topological polar surface area (TPSA) is 49.4 Å². The van der Waals surface area contributed by atoms with E-state index in [0.717, 1.165) is 18.5 Å². The molecule has 1 N–H and O–H groups in total. The third kappa shape index (κ3) is 4.22. The maximum atomic E-state index is 12.3. The van der Waals surface area contributed by atoms with Crippen LogP contribution in [0.4, 0.5) is 0 Å². The van der Waals surface area contributed by atoms with Crippen molar-refractivity contribution in [2.75, 3.05) is 13.1 Å². The number of amides is 2. The summed E-state index contributed by atoms with van der Waals surface area (Å²) in [6.45, 7) is 1.82. The fourth-order valence-electron chi connectivity index (χ4n) is 3.02. The average Bonchev–Trinajstić information content (AvgIpc) is 2.62. The molecule has 0 atom stereocenters. The van der Waals surface area contributed by atoms with E-state index in [4.69, 9.17) is 0 Å². The van der Waals surface area contributed by atoms with Crippen molar-refractivity contribution in [3.8, 4) is 0 Å². The zero-order valence-corrected chi connectivity index (χ0v) is 13.7. The molecule has 2 amide bonds. The van der Waals surface area contributed by atoms with Crippen LogP contribution in [0.1, 0.15) is 23.1 Å². The van der Waals surface area contributed by atoms with Crippen molar-refractivity contribution < 1.29 is 9.59 Å². The molecule has 24 heavy (non-hydrogen) atoms. The first kappa shape index (κ1) is 16.2. The quantitative estimate of drug-likeness (QED) is 0.918. The maximum Gasteiger partial charge on any atom is 0.224 e. The van der Waals surface area contributed by atoms with Crippen LogP contribution in [0.2, 0.25) is 0 Å². The van der Waals surface area contributed by atoms with Gasteiger partial charge in [-0.2, -0.15) is 0 Å². The molecule has 0 aliphatic carbocycles. The number of benzene rings is 2. The molecular formula is C20H22N2O2. The van der Waals surface area contributed by atoms with Crippen LogP contribution >= 0.6 is 0 Å². The molecule has 4 heteroatoms. The molecule has 0 fully saturated rings. The minimum atomic E-state index is -0.0435. The summed E-state index contributed by atoms with van der Waals surface area (Å²) >= 11 is 0. The number of fused-ring (bicyclic) bond motifs is 1. The Balaban J connectivity index is 1.42. The molecule has 0 saturated carbocycles. The SMILES string of the molecule is O=C(Cc1ccccc1)NCCC(=O)N1CCc2ccccc2C1. The fraction of sp³-hybridized carbons (Fsp3) is 0.300. The molecule has 4 nitrogen and oxygen atoms in total. The number of rotatable bonds is 5. The van der Waals surface area contributed by atoms with E-state index in [0.29, 0.717) is 25.9 Å². The summed E-state index contributed by atoms with van der Waals surface area (Å²) in [5.41, 5.74) is 3.54. The Morgan fingerprint density at radius 2 is 1.67 bits per heavy atom. The van der Waals surface area contributed by atoms with Crippen LogP contribution in [0.3, 0.4) is 0 Å². The molecule has 1 aliphatic heterocycles. The van der Waals surface area contributed by atoms with Gasteiger partial charge in [0.2, 0.25) is 11.8 Å². The van der Waals surface area contributed by atoms with Crippen molar-refractivity contribution in [2.24, 2.45) is 0 Å². The monoisotopic (exact) mass is 322 g/mol. The number of carbonyl (C=O) groups excluding carboxylic acids is 2. The lowest BCUT2D eigenvalue weighted by atomic mass is 10.00. The first-order chi connectivity index (χ1) is 11.7. The van der Waals surface area contributed by atoms with Crippen LogP contribution in [0.5, 0.6) is 0 Å². The van der Waals surface area contributed by atoms with Gasteiger partial charge in [-0.1, -0.05) is 54.6 Å². The molecule has 0 aromatic heterocycles. The smallest absolute Gasteiger partial charge is 0.224 e. The van der Waals surface area contributed by atoms with Crippen molar-refractivity contribution in [3.63, 3.8) is 0 Å². The van der Waals surface area contributed by atoms with Gasteiger partial charge in [-0.15, -0.1) is 0 Å².